The quantitative estimate of drug-likeness (QED) is 0.723. The predicted octanol–water partition coefficient (Wildman–Crippen LogP) is 2.71. The Hall–Kier alpha value is -2.86. The van der Waals surface area contributed by atoms with E-state index in [9.17, 15) is 9.59 Å². The van der Waals surface area contributed by atoms with Gasteiger partial charge in [-0.1, -0.05) is 12.1 Å². The van der Waals surface area contributed by atoms with Gasteiger partial charge in [0.1, 0.15) is 12.4 Å². The molecular weight excluding hydrogens is 320 g/mol. The summed E-state index contributed by atoms with van der Waals surface area (Å²) in [5.74, 6) is 0.150. The molecule has 0 saturated carbocycles. The largest absolute Gasteiger partial charge is 0.491 e. The van der Waals surface area contributed by atoms with Crippen molar-refractivity contribution in [3.63, 3.8) is 0 Å². The van der Waals surface area contributed by atoms with Crippen LogP contribution in [0.4, 0.5) is 5.69 Å². The number of anilines is 1. The maximum Gasteiger partial charge on any atom is 0.255 e. The molecule has 2 amide bonds. The van der Waals surface area contributed by atoms with Crippen molar-refractivity contribution in [3.05, 3.63) is 59.7 Å². The molecule has 0 aliphatic carbocycles. The van der Waals surface area contributed by atoms with E-state index in [0.717, 1.165) is 0 Å². The van der Waals surface area contributed by atoms with E-state index in [1.54, 1.807) is 55.6 Å². The summed E-state index contributed by atoms with van der Waals surface area (Å²) in [4.78, 5) is 24.5. The average molecular weight is 342 g/mol. The molecule has 0 aliphatic heterocycles. The Morgan fingerprint density at radius 2 is 1.68 bits per heavy atom. The third-order valence-electron chi connectivity index (χ3n) is 3.43. The van der Waals surface area contributed by atoms with Crippen LogP contribution in [0.3, 0.4) is 0 Å². The normalized spacial score (nSPS) is 10.2. The van der Waals surface area contributed by atoms with Gasteiger partial charge in [0, 0.05) is 19.2 Å². The standard InChI is InChI=1S/C19H22N2O4/c1-3-20-19(23)16-6-4-5-7-17(16)21-18(22)14-8-10-15(11-9-14)25-13-12-24-2/h4-11H,3,12-13H2,1-2H3,(H,20,23)(H,21,22). The van der Waals surface area contributed by atoms with Crippen LogP contribution in [0.25, 0.3) is 0 Å². The van der Waals surface area contributed by atoms with Crippen molar-refractivity contribution in [3.8, 4) is 5.75 Å². The molecule has 0 radical (unpaired) electrons. The Balaban J connectivity index is 2.06. The monoisotopic (exact) mass is 342 g/mol. The number of carbonyl (C=O) groups is 2. The van der Waals surface area contributed by atoms with E-state index >= 15 is 0 Å². The lowest BCUT2D eigenvalue weighted by Gasteiger charge is -2.11. The lowest BCUT2D eigenvalue weighted by Crippen LogP contribution is -2.24. The number of nitrogens with one attached hydrogen (secondary N) is 2. The Kier molecular flexibility index (Phi) is 6.98. The van der Waals surface area contributed by atoms with Crippen LogP contribution in [-0.4, -0.2) is 38.7 Å². The molecule has 6 nitrogen and oxygen atoms in total. The number of hydrogen-bond acceptors (Lipinski definition) is 4. The second-order valence-corrected chi connectivity index (χ2v) is 5.22. The number of methoxy groups -OCH3 is 1. The van der Waals surface area contributed by atoms with E-state index in [0.29, 0.717) is 42.3 Å². The van der Waals surface area contributed by atoms with Crippen molar-refractivity contribution < 1.29 is 19.1 Å². The first-order valence-electron chi connectivity index (χ1n) is 8.06. The summed E-state index contributed by atoms with van der Waals surface area (Å²) in [5.41, 5.74) is 1.38. The average Bonchev–Trinajstić information content (AvgIpc) is 2.63. The molecule has 2 N–H and O–H groups in total. The van der Waals surface area contributed by atoms with Crippen molar-refractivity contribution in [1.29, 1.82) is 0 Å². The Morgan fingerprint density at radius 1 is 0.960 bits per heavy atom. The van der Waals surface area contributed by atoms with Gasteiger partial charge in [-0.15, -0.1) is 0 Å². The lowest BCUT2D eigenvalue weighted by atomic mass is 10.1. The summed E-state index contributed by atoms with van der Waals surface area (Å²) >= 11 is 0. The van der Waals surface area contributed by atoms with Crippen LogP contribution in [0.15, 0.2) is 48.5 Å². The fourth-order valence-corrected chi connectivity index (χ4v) is 2.19. The topological polar surface area (TPSA) is 76.7 Å². The highest BCUT2D eigenvalue weighted by atomic mass is 16.5. The van der Waals surface area contributed by atoms with Gasteiger partial charge in [-0.3, -0.25) is 9.59 Å². The summed E-state index contributed by atoms with van der Waals surface area (Å²) in [6.45, 7) is 3.31. The van der Waals surface area contributed by atoms with Gasteiger partial charge >= 0.3 is 0 Å². The van der Waals surface area contributed by atoms with Crippen LogP contribution in [0.1, 0.15) is 27.6 Å². The van der Waals surface area contributed by atoms with Crippen LogP contribution < -0.4 is 15.4 Å². The van der Waals surface area contributed by atoms with E-state index in [2.05, 4.69) is 10.6 Å². The highest BCUT2D eigenvalue weighted by Crippen LogP contribution is 2.18. The van der Waals surface area contributed by atoms with Crippen molar-refractivity contribution in [1.82, 2.24) is 5.32 Å². The lowest BCUT2D eigenvalue weighted by molar-refractivity contribution is 0.0956. The first kappa shape index (κ1) is 18.5. The molecular formula is C19H22N2O4. The van der Waals surface area contributed by atoms with Crippen LogP contribution in [0, 0.1) is 0 Å². The molecule has 2 aromatic carbocycles. The van der Waals surface area contributed by atoms with Gasteiger partial charge in [0.25, 0.3) is 11.8 Å². The smallest absolute Gasteiger partial charge is 0.255 e. The molecule has 2 rings (SSSR count). The van der Waals surface area contributed by atoms with Gasteiger partial charge in [-0.25, -0.2) is 0 Å². The number of benzene rings is 2. The van der Waals surface area contributed by atoms with E-state index in [1.807, 2.05) is 6.92 Å². The Labute approximate surface area is 147 Å². The van der Waals surface area contributed by atoms with Crippen LogP contribution >= 0.6 is 0 Å². The maximum atomic E-state index is 12.4. The van der Waals surface area contributed by atoms with Gasteiger partial charge in [-0.2, -0.15) is 0 Å². The van der Waals surface area contributed by atoms with Gasteiger partial charge in [0.05, 0.1) is 17.9 Å². The minimum absolute atomic E-state index is 0.222. The minimum Gasteiger partial charge on any atom is -0.491 e. The summed E-state index contributed by atoms with van der Waals surface area (Å²) in [5, 5.41) is 5.51. The first-order valence-corrected chi connectivity index (χ1v) is 8.06. The van der Waals surface area contributed by atoms with Crippen LogP contribution in [-0.2, 0) is 4.74 Å². The van der Waals surface area contributed by atoms with Crippen molar-refractivity contribution >= 4 is 17.5 Å². The molecule has 0 unspecified atom stereocenters. The highest BCUT2D eigenvalue weighted by molar-refractivity contribution is 6.09. The van der Waals surface area contributed by atoms with Crippen molar-refractivity contribution in [2.45, 2.75) is 6.92 Å². The number of amides is 2. The molecule has 25 heavy (non-hydrogen) atoms. The maximum absolute atomic E-state index is 12.4. The molecule has 2 aromatic rings. The summed E-state index contributed by atoms with van der Waals surface area (Å²) in [6, 6.07) is 13.7. The number of ether oxygens (including phenoxy) is 2. The number of para-hydroxylation sites is 1. The van der Waals surface area contributed by atoms with Crippen LogP contribution in [0.5, 0.6) is 5.75 Å². The zero-order chi connectivity index (χ0) is 18.1. The third kappa shape index (κ3) is 5.32. The molecule has 0 saturated heterocycles. The predicted molar refractivity (Wildman–Crippen MR) is 96.2 cm³/mol. The summed E-state index contributed by atoms with van der Waals surface area (Å²) in [6.07, 6.45) is 0. The van der Waals surface area contributed by atoms with E-state index in [1.165, 1.54) is 0 Å². The van der Waals surface area contributed by atoms with Gasteiger partial charge in [0.15, 0.2) is 0 Å². The molecule has 6 heteroatoms. The number of hydrogen-bond donors (Lipinski definition) is 2. The van der Waals surface area contributed by atoms with E-state index < -0.39 is 0 Å². The minimum atomic E-state index is -0.291. The first-order chi connectivity index (χ1) is 12.2. The van der Waals surface area contributed by atoms with Gasteiger partial charge in [0.2, 0.25) is 0 Å². The molecule has 0 aromatic heterocycles. The molecule has 0 fully saturated rings. The second kappa shape index (κ2) is 9.44. The molecule has 0 heterocycles. The zero-order valence-electron chi connectivity index (χ0n) is 14.4. The zero-order valence-corrected chi connectivity index (χ0v) is 14.4. The molecule has 0 aliphatic rings. The summed E-state index contributed by atoms with van der Waals surface area (Å²) < 4.78 is 10.4. The van der Waals surface area contributed by atoms with E-state index in [4.69, 9.17) is 9.47 Å². The Morgan fingerprint density at radius 3 is 2.36 bits per heavy atom. The number of rotatable bonds is 8. The van der Waals surface area contributed by atoms with E-state index in [-0.39, 0.29) is 11.8 Å². The van der Waals surface area contributed by atoms with Crippen LogP contribution in [0.2, 0.25) is 0 Å². The third-order valence-corrected chi connectivity index (χ3v) is 3.43. The SMILES string of the molecule is CCNC(=O)c1ccccc1NC(=O)c1ccc(OCCOC)cc1. The molecule has 132 valence electrons. The fraction of sp³-hybridized carbons (Fsp3) is 0.263. The number of carbonyl (C=O) groups excluding carboxylic acids is 2. The Bertz CT molecular complexity index is 714. The molecule has 0 bridgehead atoms. The van der Waals surface area contributed by atoms with Gasteiger partial charge < -0.3 is 20.1 Å². The van der Waals surface area contributed by atoms with Crippen molar-refractivity contribution in [2.75, 3.05) is 32.2 Å². The van der Waals surface area contributed by atoms with Crippen molar-refractivity contribution in [2.24, 2.45) is 0 Å². The fourth-order valence-electron chi connectivity index (χ4n) is 2.19. The van der Waals surface area contributed by atoms with Gasteiger partial charge in [-0.05, 0) is 43.3 Å². The summed E-state index contributed by atoms with van der Waals surface area (Å²) in [7, 11) is 1.61. The molecule has 0 atom stereocenters. The molecule has 0 spiro atoms. The highest BCUT2D eigenvalue weighted by Gasteiger charge is 2.13. The second-order valence-electron chi connectivity index (χ2n) is 5.22.